The van der Waals surface area contributed by atoms with Gasteiger partial charge in [-0.3, -0.25) is 4.57 Å². The Bertz CT molecular complexity index is 747. The van der Waals surface area contributed by atoms with Gasteiger partial charge in [-0.05, 0) is 46.6 Å². The van der Waals surface area contributed by atoms with E-state index in [1.165, 1.54) is 5.56 Å². The molecule has 2 aromatic heterocycles. The number of nitrogen functional groups attached to an aromatic ring is 1. The molecule has 0 aliphatic rings. The van der Waals surface area contributed by atoms with Gasteiger partial charge in [0.25, 0.3) is 0 Å². The molecule has 20 heavy (non-hydrogen) atoms. The fraction of sp³-hybridized carbons (Fsp3) is 0.0667. The van der Waals surface area contributed by atoms with E-state index in [2.05, 4.69) is 38.9 Å². The Kier molecular flexibility index (Phi) is 3.28. The van der Waals surface area contributed by atoms with Gasteiger partial charge < -0.3 is 5.73 Å². The van der Waals surface area contributed by atoms with Gasteiger partial charge in [-0.2, -0.15) is 0 Å². The molecule has 0 aliphatic heterocycles. The molecule has 3 aromatic rings. The van der Waals surface area contributed by atoms with Crippen molar-refractivity contribution in [1.82, 2.24) is 14.5 Å². The van der Waals surface area contributed by atoms with Crippen molar-refractivity contribution >= 4 is 21.7 Å². The minimum atomic E-state index is 0.511. The van der Waals surface area contributed by atoms with Gasteiger partial charge in [0, 0.05) is 16.2 Å². The second-order valence-corrected chi connectivity index (χ2v) is 5.32. The Morgan fingerprint density at radius 2 is 2.00 bits per heavy atom. The van der Waals surface area contributed by atoms with E-state index >= 15 is 0 Å². The lowest BCUT2D eigenvalue weighted by Crippen LogP contribution is -1.98. The molecule has 0 spiro atoms. The summed E-state index contributed by atoms with van der Waals surface area (Å²) in [4.78, 5) is 8.39. The SMILES string of the molecule is Cc1cccc(-n2cncc2-c2ccc(N)nc2)c1Br. The average molecular weight is 329 g/mol. The normalized spacial score (nSPS) is 10.7. The Morgan fingerprint density at radius 1 is 1.15 bits per heavy atom. The van der Waals surface area contributed by atoms with Gasteiger partial charge in [-0.15, -0.1) is 0 Å². The van der Waals surface area contributed by atoms with Crippen molar-refractivity contribution in [3.63, 3.8) is 0 Å². The molecular weight excluding hydrogens is 316 g/mol. The number of rotatable bonds is 2. The highest BCUT2D eigenvalue weighted by molar-refractivity contribution is 9.10. The number of hydrogen-bond donors (Lipinski definition) is 1. The van der Waals surface area contributed by atoms with Gasteiger partial charge >= 0.3 is 0 Å². The molecule has 3 rings (SSSR count). The monoisotopic (exact) mass is 328 g/mol. The van der Waals surface area contributed by atoms with Crippen molar-refractivity contribution < 1.29 is 0 Å². The second-order valence-electron chi connectivity index (χ2n) is 4.53. The first-order valence-electron chi connectivity index (χ1n) is 6.16. The number of nitrogens with zero attached hydrogens (tertiary/aromatic N) is 3. The van der Waals surface area contributed by atoms with Crippen LogP contribution >= 0.6 is 15.9 Å². The molecule has 1 aromatic carbocycles. The van der Waals surface area contributed by atoms with Gasteiger partial charge in [0.2, 0.25) is 0 Å². The topological polar surface area (TPSA) is 56.7 Å². The predicted molar refractivity (Wildman–Crippen MR) is 83.6 cm³/mol. The molecule has 4 nitrogen and oxygen atoms in total. The Labute approximate surface area is 125 Å². The fourth-order valence-corrected chi connectivity index (χ4v) is 2.53. The molecule has 0 saturated carbocycles. The Balaban J connectivity index is 2.15. The summed E-state index contributed by atoms with van der Waals surface area (Å²) in [5, 5.41) is 0. The van der Waals surface area contributed by atoms with Crippen LogP contribution in [0.2, 0.25) is 0 Å². The Hall–Kier alpha value is -2.14. The largest absolute Gasteiger partial charge is 0.384 e. The molecule has 0 saturated heterocycles. The van der Waals surface area contributed by atoms with Crippen LogP contribution in [0.1, 0.15) is 5.56 Å². The lowest BCUT2D eigenvalue weighted by Gasteiger charge is -2.11. The third-order valence-corrected chi connectivity index (χ3v) is 4.18. The van der Waals surface area contributed by atoms with Crippen LogP contribution in [0.4, 0.5) is 5.82 Å². The number of benzene rings is 1. The van der Waals surface area contributed by atoms with E-state index in [1.807, 2.05) is 29.0 Å². The molecule has 0 bridgehead atoms. The summed E-state index contributed by atoms with van der Waals surface area (Å²) in [5.41, 5.74) is 9.81. The summed E-state index contributed by atoms with van der Waals surface area (Å²) >= 11 is 3.64. The van der Waals surface area contributed by atoms with Crippen LogP contribution in [0.5, 0.6) is 0 Å². The van der Waals surface area contributed by atoms with Crippen LogP contribution in [0, 0.1) is 6.92 Å². The van der Waals surface area contributed by atoms with Crippen LogP contribution in [0.15, 0.2) is 53.5 Å². The second kappa shape index (κ2) is 5.09. The molecule has 0 radical (unpaired) electrons. The zero-order valence-electron chi connectivity index (χ0n) is 10.9. The van der Waals surface area contributed by atoms with Crippen molar-refractivity contribution in [3.8, 4) is 16.9 Å². The number of nitrogens with two attached hydrogens (primary N) is 1. The highest BCUT2D eigenvalue weighted by atomic mass is 79.9. The van der Waals surface area contributed by atoms with E-state index in [-0.39, 0.29) is 0 Å². The van der Waals surface area contributed by atoms with Crippen molar-refractivity contribution in [2.75, 3.05) is 5.73 Å². The Morgan fingerprint density at radius 3 is 2.75 bits per heavy atom. The number of pyridine rings is 1. The lowest BCUT2D eigenvalue weighted by molar-refractivity contribution is 1.05. The molecule has 100 valence electrons. The summed E-state index contributed by atoms with van der Waals surface area (Å²) in [5.74, 6) is 0.511. The smallest absolute Gasteiger partial charge is 0.123 e. The number of imidazole rings is 1. The van der Waals surface area contributed by atoms with Gasteiger partial charge in [0.1, 0.15) is 5.82 Å². The van der Waals surface area contributed by atoms with E-state index in [4.69, 9.17) is 5.73 Å². The van der Waals surface area contributed by atoms with Crippen molar-refractivity contribution in [1.29, 1.82) is 0 Å². The molecule has 0 aliphatic carbocycles. The van der Waals surface area contributed by atoms with Gasteiger partial charge in [-0.25, -0.2) is 9.97 Å². The van der Waals surface area contributed by atoms with Crippen LogP contribution in [-0.2, 0) is 0 Å². The van der Waals surface area contributed by atoms with E-state index in [9.17, 15) is 0 Å². The standard InChI is InChI=1S/C15H13BrN4/c1-10-3-2-4-12(15(10)16)20-9-18-8-13(20)11-5-6-14(17)19-7-11/h2-9H,1H3,(H2,17,19). The summed E-state index contributed by atoms with van der Waals surface area (Å²) in [6.45, 7) is 2.06. The minimum absolute atomic E-state index is 0.511. The number of halogens is 1. The third-order valence-electron chi connectivity index (χ3n) is 3.15. The van der Waals surface area contributed by atoms with Gasteiger partial charge in [0.15, 0.2) is 0 Å². The fourth-order valence-electron chi connectivity index (χ4n) is 2.08. The molecule has 0 amide bonds. The zero-order chi connectivity index (χ0) is 14.1. The van der Waals surface area contributed by atoms with Crippen LogP contribution in [0.3, 0.4) is 0 Å². The molecule has 0 atom stereocenters. The number of hydrogen-bond acceptors (Lipinski definition) is 3. The molecule has 5 heteroatoms. The molecule has 2 heterocycles. The third kappa shape index (κ3) is 2.20. The summed E-state index contributed by atoms with van der Waals surface area (Å²) in [7, 11) is 0. The highest BCUT2D eigenvalue weighted by Crippen LogP contribution is 2.29. The number of anilines is 1. The van der Waals surface area contributed by atoms with E-state index in [0.29, 0.717) is 5.82 Å². The maximum Gasteiger partial charge on any atom is 0.123 e. The van der Waals surface area contributed by atoms with E-state index in [1.54, 1.807) is 18.6 Å². The molecule has 0 fully saturated rings. The number of aromatic nitrogens is 3. The van der Waals surface area contributed by atoms with Crippen LogP contribution in [0.25, 0.3) is 16.9 Å². The minimum Gasteiger partial charge on any atom is -0.384 e. The van der Waals surface area contributed by atoms with Crippen molar-refractivity contribution in [2.45, 2.75) is 6.92 Å². The molecule has 2 N–H and O–H groups in total. The lowest BCUT2D eigenvalue weighted by atomic mass is 10.2. The van der Waals surface area contributed by atoms with Crippen molar-refractivity contribution in [3.05, 3.63) is 59.1 Å². The maximum absolute atomic E-state index is 5.63. The molecule has 0 unspecified atom stereocenters. The summed E-state index contributed by atoms with van der Waals surface area (Å²) < 4.78 is 3.09. The van der Waals surface area contributed by atoms with Crippen LogP contribution < -0.4 is 5.73 Å². The van der Waals surface area contributed by atoms with Gasteiger partial charge in [-0.1, -0.05) is 12.1 Å². The average Bonchev–Trinajstić information content (AvgIpc) is 2.92. The van der Waals surface area contributed by atoms with Gasteiger partial charge in [0.05, 0.1) is 23.9 Å². The number of aryl methyl sites for hydroxylation is 1. The quantitative estimate of drug-likeness (QED) is 0.782. The van der Waals surface area contributed by atoms with E-state index in [0.717, 1.165) is 21.4 Å². The summed E-state index contributed by atoms with van der Waals surface area (Å²) in [6.07, 6.45) is 5.37. The molecular formula is C15H13BrN4. The van der Waals surface area contributed by atoms with E-state index < -0.39 is 0 Å². The maximum atomic E-state index is 5.63. The van der Waals surface area contributed by atoms with Crippen LogP contribution in [-0.4, -0.2) is 14.5 Å². The zero-order valence-corrected chi connectivity index (χ0v) is 12.5. The first-order valence-corrected chi connectivity index (χ1v) is 6.96. The van der Waals surface area contributed by atoms with Crippen molar-refractivity contribution in [2.24, 2.45) is 0 Å². The summed E-state index contributed by atoms with van der Waals surface area (Å²) in [6, 6.07) is 9.87. The predicted octanol–water partition coefficient (Wildman–Crippen LogP) is 3.59. The first kappa shape index (κ1) is 12.9. The first-order chi connectivity index (χ1) is 9.66. The highest BCUT2D eigenvalue weighted by Gasteiger charge is 2.10.